The van der Waals surface area contributed by atoms with Crippen molar-refractivity contribution in [2.24, 2.45) is 0 Å². The van der Waals surface area contributed by atoms with E-state index < -0.39 is 0 Å². The van der Waals surface area contributed by atoms with E-state index in [0.29, 0.717) is 12.5 Å². The number of para-hydroxylation sites is 1. The first-order chi connectivity index (χ1) is 13.3. The van der Waals surface area contributed by atoms with Crippen LogP contribution in [0.5, 0.6) is 0 Å². The first-order valence-corrected chi connectivity index (χ1v) is 9.29. The summed E-state index contributed by atoms with van der Waals surface area (Å²) in [6.45, 7) is 2.11. The lowest BCUT2D eigenvalue weighted by Crippen LogP contribution is -2.26. The lowest BCUT2D eigenvalue weighted by Gasteiger charge is -2.14. The molecule has 1 aromatic heterocycles. The number of amides is 1. The Labute approximate surface area is 159 Å². The zero-order valence-electron chi connectivity index (χ0n) is 15.2. The molecule has 27 heavy (non-hydrogen) atoms. The van der Waals surface area contributed by atoms with Crippen molar-refractivity contribution in [3.8, 4) is 12.3 Å². The van der Waals surface area contributed by atoms with Gasteiger partial charge in [0.25, 0.3) is 0 Å². The predicted octanol–water partition coefficient (Wildman–Crippen LogP) is 4.30. The summed E-state index contributed by atoms with van der Waals surface area (Å²) in [7, 11) is 0. The molecular weight excluding hydrogens is 332 g/mol. The molecule has 1 aliphatic rings. The fourth-order valence-corrected chi connectivity index (χ4v) is 3.88. The van der Waals surface area contributed by atoms with Crippen LogP contribution in [0.1, 0.15) is 23.5 Å². The number of hydrogen-bond acceptors (Lipinski definition) is 1. The standard InChI is InChI=1S/C24H22N2O/c1-2-15-25-18-22(21-10-6-7-11-23(21)25)20-14-16-26(17-20)24(27)13-12-19-8-4-3-5-9-19/h1,3-13,18,20H,14-17H2. The van der Waals surface area contributed by atoms with Gasteiger partial charge in [-0.1, -0.05) is 54.5 Å². The SMILES string of the molecule is C#CCn1cc(C2CCN(C(=O)C=Cc3ccccc3)C2)c2ccccc21. The topological polar surface area (TPSA) is 25.2 Å². The summed E-state index contributed by atoms with van der Waals surface area (Å²) in [5, 5.41) is 1.24. The van der Waals surface area contributed by atoms with E-state index >= 15 is 0 Å². The van der Waals surface area contributed by atoms with Crippen molar-refractivity contribution in [1.29, 1.82) is 0 Å². The summed E-state index contributed by atoms with van der Waals surface area (Å²) in [6, 6.07) is 18.3. The summed E-state index contributed by atoms with van der Waals surface area (Å²) < 4.78 is 2.13. The number of terminal acetylenes is 1. The van der Waals surface area contributed by atoms with Crippen molar-refractivity contribution in [1.82, 2.24) is 9.47 Å². The van der Waals surface area contributed by atoms with Gasteiger partial charge in [0.05, 0.1) is 6.54 Å². The molecular formula is C24H22N2O. The summed E-state index contributed by atoms with van der Waals surface area (Å²) in [5.41, 5.74) is 3.50. The molecule has 0 aliphatic carbocycles. The third-order valence-electron chi connectivity index (χ3n) is 5.24. The summed E-state index contributed by atoms with van der Waals surface area (Å²) in [4.78, 5) is 14.5. The normalized spacial score (nSPS) is 16.9. The number of rotatable bonds is 4. The molecule has 0 N–H and O–H groups in total. The Hall–Kier alpha value is -3.25. The molecule has 4 rings (SSSR count). The van der Waals surface area contributed by atoms with Crippen LogP contribution in [0.15, 0.2) is 66.9 Å². The van der Waals surface area contributed by atoms with Gasteiger partial charge in [-0.3, -0.25) is 4.79 Å². The molecule has 1 atom stereocenters. The second kappa shape index (κ2) is 7.55. The molecule has 1 unspecified atom stereocenters. The Morgan fingerprint density at radius 2 is 1.93 bits per heavy atom. The van der Waals surface area contributed by atoms with E-state index in [1.807, 2.05) is 47.4 Å². The molecule has 1 amide bonds. The van der Waals surface area contributed by atoms with Gasteiger partial charge in [0.1, 0.15) is 0 Å². The van der Waals surface area contributed by atoms with Crippen LogP contribution < -0.4 is 0 Å². The van der Waals surface area contributed by atoms with Crippen LogP contribution in [0.4, 0.5) is 0 Å². The molecule has 134 valence electrons. The quantitative estimate of drug-likeness (QED) is 0.506. The molecule has 2 heterocycles. The fraction of sp³-hybridized carbons (Fsp3) is 0.208. The lowest BCUT2D eigenvalue weighted by molar-refractivity contribution is -0.124. The molecule has 3 aromatic rings. The van der Waals surface area contributed by atoms with E-state index in [1.165, 1.54) is 16.5 Å². The minimum Gasteiger partial charge on any atom is -0.339 e. The molecule has 0 radical (unpaired) electrons. The minimum atomic E-state index is 0.0775. The fourth-order valence-electron chi connectivity index (χ4n) is 3.88. The van der Waals surface area contributed by atoms with Crippen molar-refractivity contribution < 1.29 is 4.79 Å². The molecule has 0 saturated carbocycles. The summed E-state index contributed by atoms with van der Waals surface area (Å²) >= 11 is 0. The Balaban J connectivity index is 1.51. The van der Waals surface area contributed by atoms with E-state index in [0.717, 1.165) is 25.1 Å². The monoisotopic (exact) mass is 354 g/mol. The molecule has 3 heteroatoms. The van der Waals surface area contributed by atoms with Gasteiger partial charge in [-0.15, -0.1) is 6.42 Å². The van der Waals surface area contributed by atoms with Crippen molar-refractivity contribution in [3.05, 3.63) is 78.0 Å². The number of nitrogens with zero attached hydrogens (tertiary/aromatic N) is 2. The largest absolute Gasteiger partial charge is 0.339 e. The van der Waals surface area contributed by atoms with Crippen molar-refractivity contribution >= 4 is 22.9 Å². The highest BCUT2D eigenvalue weighted by Crippen LogP contribution is 2.34. The van der Waals surface area contributed by atoms with Gasteiger partial charge in [-0.25, -0.2) is 0 Å². The second-order valence-corrected chi connectivity index (χ2v) is 6.95. The van der Waals surface area contributed by atoms with Crippen molar-refractivity contribution in [2.75, 3.05) is 13.1 Å². The highest BCUT2D eigenvalue weighted by molar-refractivity contribution is 5.92. The average molecular weight is 354 g/mol. The maximum absolute atomic E-state index is 12.6. The number of aromatic nitrogens is 1. The maximum atomic E-state index is 12.6. The molecule has 1 fully saturated rings. The van der Waals surface area contributed by atoms with Crippen LogP contribution in [0.2, 0.25) is 0 Å². The van der Waals surface area contributed by atoms with Crippen molar-refractivity contribution in [2.45, 2.75) is 18.9 Å². The average Bonchev–Trinajstić information content (AvgIpc) is 3.33. The van der Waals surface area contributed by atoms with Crippen LogP contribution >= 0.6 is 0 Å². The van der Waals surface area contributed by atoms with Gasteiger partial charge in [-0.2, -0.15) is 0 Å². The van der Waals surface area contributed by atoms with Gasteiger partial charge < -0.3 is 9.47 Å². The first kappa shape index (κ1) is 17.2. The third-order valence-corrected chi connectivity index (χ3v) is 5.24. The molecule has 1 aliphatic heterocycles. The van der Waals surface area contributed by atoms with Gasteiger partial charge in [0, 0.05) is 42.2 Å². The van der Waals surface area contributed by atoms with Gasteiger partial charge >= 0.3 is 0 Å². The maximum Gasteiger partial charge on any atom is 0.246 e. The number of likely N-dealkylation sites (tertiary alicyclic amines) is 1. The van der Waals surface area contributed by atoms with E-state index in [4.69, 9.17) is 6.42 Å². The molecule has 0 spiro atoms. The van der Waals surface area contributed by atoms with Gasteiger partial charge in [0.15, 0.2) is 0 Å². The zero-order chi connectivity index (χ0) is 18.6. The van der Waals surface area contributed by atoms with Gasteiger partial charge in [-0.05, 0) is 29.7 Å². The number of carbonyl (C=O) groups is 1. The van der Waals surface area contributed by atoms with Crippen LogP contribution in [-0.2, 0) is 11.3 Å². The van der Waals surface area contributed by atoms with E-state index in [-0.39, 0.29) is 5.91 Å². The predicted molar refractivity (Wildman–Crippen MR) is 110 cm³/mol. The molecule has 3 nitrogen and oxygen atoms in total. The van der Waals surface area contributed by atoms with Gasteiger partial charge in [0.2, 0.25) is 5.91 Å². The Morgan fingerprint density at radius 3 is 2.74 bits per heavy atom. The Bertz CT molecular complexity index is 1020. The second-order valence-electron chi connectivity index (χ2n) is 6.95. The van der Waals surface area contributed by atoms with E-state index in [9.17, 15) is 4.79 Å². The summed E-state index contributed by atoms with van der Waals surface area (Å²) in [6.07, 6.45) is 12.2. The van der Waals surface area contributed by atoms with Crippen molar-refractivity contribution in [3.63, 3.8) is 0 Å². The first-order valence-electron chi connectivity index (χ1n) is 9.29. The number of benzene rings is 2. The minimum absolute atomic E-state index is 0.0775. The molecule has 1 saturated heterocycles. The van der Waals surface area contributed by atoms with Crippen LogP contribution in [0.25, 0.3) is 17.0 Å². The number of hydrogen-bond donors (Lipinski definition) is 0. The van der Waals surface area contributed by atoms with E-state index in [2.05, 4.69) is 34.9 Å². The van der Waals surface area contributed by atoms with Crippen LogP contribution in [0.3, 0.4) is 0 Å². The molecule has 0 bridgehead atoms. The van der Waals surface area contributed by atoms with Crippen LogP contribution in [0, 0.1) is 12.3 Å². The van der Waals surface area contributed by atoms with Crippen LogP contribution in [-0.4, -0.2) is 28.5 Å². The molecule has 2 aromatic carbocycles. The number of carbonyl (C=O) groups excluding carboxylic acids is 1. The zero-order valence-corrected chi connectivity index (χ0v) is 15.2. The summed E-state index contributed by atoms with van der Waals surface area (Å²) in [5.74, 6) is 3.16. The number of fused-ring (bicyclic) bond motifs is 1. The highest BCUT2D eigenvalue weighted by Gasteiger charge is 2.28. The highest BCUT2D eigenvalue weighted by atomic mass is 16.2. The smallest absolute Gasteiger partial charge is 0.246 e. The lowest BCUT2D eigenvalue weighted by atomic mass is 9.98. The third kappa shape index (κ3) is 3.52. The van der Waals surface area contributed by atoms with E-state index in [1.54, 1.807) is 6.08 Å². The Morgan fingerprint density at radius 1 is 1.15 bits per heavy atom. The Kier molecular flexibility index (Phi) is 4.80.